The summed E-state index contributed by atoms with van der Waals surface area (Å²) in [4.78, 5) is 13.0. The number of rotatable bonds is 18. The zero-order valence-electron chi connectivity index (χ0n) is 40.1. The number of anilines is 5. The van der Waals surface area contributed by atoms with Crippen LogP contribution in [-0.2, 0) is 46.1 Å². The van der Waals surface area contributed by atoms with Crippen molar-refractivity contribution in [2.45, 2.75) is 95.8 Å². The van der Waals surface area contributed by atoms with E-state index in [1.165, 1.54) is 6.07 Å². The zero-order chi connectivity index (χ0) is 51.5. The Morgan fingerprint density at radius 1 is 0.704 bits per heavy atom. The molecule has 0 amide bonds. The van der Waals surface area contributed by atoms with Crippen molar-refractivity contribution in [3.8, 4) is 0 Å². The number of hydrogen-bond donors (Lipinski definition) is 5. The van der Waals surface area contributed by atoms with Crippen LogP contribution in [0.5, 0.6) is 0 Å². The lowest BCUT2D eigenvalue weighted by molar-refractivity contribution is -0.161. The molecule has 19 heteroatoms. The second kappa shape index (κ2) is 20.9. The number of carbonyl (C=O) groups excluding carboxylic acids is 1. The van der Waals surface area contributed by atoms with Crippen molar-refractivity contribution >= 4 is 75.2 Å². The molecule has 0 spiro atoms. The summed E-state index contributed by atoms with van der Waals surface area (Å²) < 4.78 is 122. The molecule has 5 N–H and O–H groups in total. The number of aryl methyl sites for hydroxylation is 2. The molecule has 71 heavy (non-hydrogen) atoms. The maximum absolute atomic E-state index is 13.2. The standard InChI is InChI=1S/C52H57F3N5O8S3/c1-7-51(4,5)50(61)68-47-15-11-10-14-46(47)59-45-29-28-44(42-12-8-9-13-43(42)45)49(36-20-26-39(27-21-36)58-41-23-17-34(3)48(31-41)70(64,65)60-69(6,62)63)35-18-24-38(25-19-35)57-40-22-16-33(2)37(30-40)32-56-71(66,67)52(53,54)55/h8-9,12-13,16-31,46-47,56-60H,7,10-11,14-15,32H2,1-6H3/q+1. The first kappa shape index (κ1) is 52.7. The van der Waals surface area contributed by atoms with Crippen LogP contribution >= 0.6 is 0 Å². The largest absolute Gasteiger partial charge is 0.511 e. The molecule has 7 rings (SSSR count). The maximum Gasteiger partial charge on any atom is 0.511 e. The minimum absolute atomic E-state index is 0.104. The van der Waals surface area contributed by atoms with Crippen LogP contribution in [0.4, 0.5) is 41.6 Å². The Labute approximate surface area is 414 Å². The Morgan fingerprint density at radius 3 is 1.83 bits per heavy atom. The summed E-state index contributed by atoms with van der Waals surface area (Å²) in [5.74, 6) is 0.653. The third kappa shape index (κ3) is 12.7. The quantitative estimate of drug-likeness (QED) is 0.0313. The molecule has 1 saturated carbocycles. The number of carbonyl (C=O) groups is 1. The van der Waals surface area contributed by atoms with Gasteiger partial charge in [0.15, 0.2) is 0 Å². The van der Waals surface area contributed by atoms with Gasteiger partial charge >= 0.3 is 21.5 Å². The van der Waals surface area contributed by atoms with Gasteiger partial charge in [-0.05, 0) is 167 Å². The highest BCUT2D eigenvalue weighted by molar-refractivity contribution is 8.04. The summed E-state index contributed by atoms with van der Waals surface area (Å²) in [5, 5.41) is 12.2. The van der Waals surface area contributed by atoms with E-state index >= 15 is 0 Å². The molecule has 376 valence electrons. The predicted octanol–water partition coefficient (Wildman–Crippen LogP) is 10.8. The minimum atomic E-state index is -5.54. The van der Waals surface area contributed by atoms with Crippen molar-refractivity contribution in [2.75, 3.05) is 22.2 Å². The first-order valence-electron chi connectivity index (χ1n) is 23.0. The van der Waals surface area contributed by atoms with E-state index < -0.39 is 47.5 Å². The van der Waals surface area contributed by atoms with Crippen LogP contribution in [-0.4, -0.2) is 55.1 Å². The lowest BCUT2D eigenvalue weighted by Gasteiger charge is -2.35. The smallest absolute Gasteiger partial charge is 0.460 e. The Hall–Kier alpha value is -6.12. The monoisotopic (exact) mass is 1030 g/mol. The summed E-state index contributed by atoms with van der Waals surface area (Å²) in [6.07, 6.45) is 4.67. The Morgan fingerprint density at radius 2 is 1.25 bits per heavy atom. The lowest BCUT2D eigenvalue weighted by atomic mass is 9.82. The Balaban J connectivity index is 1.23. The number of halogens is 3. The number of hydrogen-bond acceptors (Lipinski definition) is 11. The number of esters is 1. The van der Waals surface area contributed by atoms with Gasteiger partial charge in [0, 0.05) is 40.1 Å². The zero-order valence-corrected chi connectivity index (χ0v) is 42.5. The Kier molecular flexibility index (Phi) is 15.5. The average Bonchev–Trinajstić information content (AvgIpc) is 3.31. The van der Waals surface area contributed by atoms with Gasteiger partial charge in [-0.3, -0.25) is 4.79 Å². The van der Waals surface area contributed by atoms with E-state index in [1.54, 1.807) is 53.0 Å². The van der Waals surface area contributed by atoms with Gasteiger partial charge in [-0.25, -0.2) is 30.0 Å². The highest BCUT2D eigenvalue weighted by Gasteiger charge is 2.45. The van der Waals surface area contributed by atoms with Gasteiger partial charge in [-0.1, -0.05) is 37.6 Å². The van der Waals surface area contributed by atoms with Crippen LogP contribution in [0.1, 0.15) is 86.3 Å². The molecule has 13 nitrogen and oxygen atoms in total. The molecule has 6 aromatic carbocycles. The topological polar surface area (TPSA) is 189 Å². The lowest BCUT2D eigenvalue weighted by Crippen LogP contribution is -2.42. The maximum atomic E-state index is 13.2. The highest BCUT2D eigenvalue weighted by Crippen LogP contribution is 2.40. The van der Waals surface area contributed by atoms with Gasteiger partial charge in [0.05, 0.1) is 50.9 Å². The van der Waals surface area contributed by atoms with E-state index in [0.717, 1.165) is 71.0 Å². The van der Waals surface area contributed by atoms with Gasteiger partial charge in [0.2, 0.25) is 10.0 Å². The molecule has 0 radical (unpaired) electrons. The molecule has 2 atom stereocenters. The van der Waals surface area contributed by atoms with Gasteiger partial charge in [-0.2, -0.15) is 13.2 Å². The van der Waals surface area contributed by atoms with E-state index in [1.807, 2.05) is 93.6 Å². The van der Waals surface area contributed by atoms with Crippen molar-refractivity contribution in [1.29, 1.82) is 0 Å². The summed E-state index contributed by atoms with van der Waals surface area (Å²) in [7, 11) is -14.0. The Bertz CT molecular complexity index is 3260. The van der Waals surface area contributed by atoms with E-state index in [-0.39, 0.29) is 23.0 Å². The van der Waals surface area contributed by atoms with E-state index in [0.29, 0.717) is 45.9 Å². The number of ether oxygens (including phenoxy) is 1. The highest BCUT2D eigenvalue weighted by atomic mass is 32.3. The van der Waals surface area contributed by atoms with Gasteiger partial charge in [0.25, 0.3) is 10.0 Å². The molecule has 6 aromatic rings. The van der Waals surface area contributed by atoms with E-state index in [9.17, 15) is 43.2 Å². The molecule has 0 bridgehead atoms. The first-order chi connectivity index (χ1) is 33.3. The predicted molar refractivity (Wildman–Crippen MR) is 273 cm³/mol. The number of fused-ring (bicyclic) bond motifs is 1. The summed E-state index contributed by atoms with van der Waals surface area (Å²) in [5.41, 5.74) is 0.923. The second-order valence-electron chi connectivity index (χ2n) is 18.5. The number of benzene rings is 6. The van der Waals surface area contributed by atoms with E-state index in [4.69, 9.17) is 4.74 Å². The van der Waals surface area contributed by atoms with Crippen LogP contribution in [0.25, 0.3) is 10.8 Å². The summed E-state index contributed by atoms with van der Waals surface area (Å²) in [6.45, 7) is 8.46. The van der Waals surface area contributed by atoms with Crippen LogP contribution in [0, 0.1) is 25.2 Å². The van der Waals surface area contributed by atoms with Crippen molar-refractivity contribution in [2.24, 2.45) is 5.41 Å². The molecule has 0 heterocycles. The van der Waals surface area contributed by atoms with Crippen molar-refractivity contribution in [3.05, 3.63) is 161 Å². The molecule has 0 aromatic heterocycles. The molecule has 1 aliphatic rings. The summed E-state index contributed by atoms with van der Waals surface area (Å²) in [6, 6.07) is 36.9. The molecule has 2 unspecified atom stereocenters. The number of nitrogens with one attached hydrogen (secondary N) is 5. The van der Waals surface area contributed by atoms with Crippen LogP contribution in [0.15, 0.2) is 126 Å². The van der Waals surface area contributed by atoms with Crippen molar-refractivity contribution in [3.63, 3.8) is 0 Å². The van der Waals surface area contributed by atoms with Gasteiger partial charge in [-0.15, -0.1) is 4.13 Å². The normalized spacial score (nSPS) is 15.8. The molecule has 0 aliphatic heterocycles. The number of alkyl halides is 3. The molecule has 0 saturated heterocycles. The number of sulfonamides is 3. The fourth-order valence-electron chi connectivity index (χ4n) is 8.34. The fourth-order valence-corrected chi connectivity index (χ4v) is 11.6. The average molecular weight is 1030 g/mol. The van der Waals surface area contributed by atoms with Crippen LogP contribution in [0.2, 0.25) is 0 Å². The molecule has 1 fully saturated rings. The molecule has 1 aliphatic carbocycles. The minimum Gasteiger partial charge on any atom is -0.460 e. The first-order valence-corrected chi connectivity index (χ1v) is 27.8. The third-order valence-electron chi connectivity index (χ3n) is 12.7. The SMILES string of the molecule is CCC(C)(C)C(=O)OC1CCCCC1Nc1ccc([C+](c2ccc(Nc3ccc(C)c(CNS(=O)(=O)C(F)(F)F)c3)cc2)c2ccc(Nc3ccc(C)c(S(=O)(=O)NS(C)(=O)=O)c3)cc2)c2ccccc12. The van der Waals surface area contributed by atoms with E-state index in [2.05, 4.69) is 28.1 Å². The summed E-state index contributed by atoms with van der Waals surface area (Å²) >= 11 is 0. The fraction of sp³-hybridized carbons (Fsp3) is 0.308. The molecular weight excluding hydrogens is 976 g/mol. The second-order valence-corrected chi connectivity index (χ2v) is 23.9. The van der Waals surface area contributed by atoms with Crippen molar-refractivity contribution < 1.29 is 48.0 Å². The third-order valence-corrected chi connectivity index (χ3v) is 16.9. The van der Waals surface area contributed by atoms with Crippen LogP contribution < -0.4 is 24.8 Å². The van der Waals surface area contributed by atoms with Gasteiger partial charge < -0.3 is 20.7 Å². The van der Waals surface area contributed by atoms with Crippen molar-refractivity contribution in [1.82, 2.24) is 8.85 Å². The van der Waals surface area contributed by atoms with Gasteiger partial charge in [0.1, 0.15) is 6.10 Å². The molecular formula is C52H57F3N5O8S3+. The van der Waals surface area contributed by atoms with Crippen LogP contribution in [0.3, 0.4) is 0 Å².